The van der Waals surface area contributed by atoms with Crippen LogP contribution in [0.4, 0.5) is 0 Å². The molecule has 0 bridgehead atoms. The molecule has 4 heteroatoms. The predicted molar refractivity (Wildman–Crippen MR) is 105 cm³/mol. The minimum absolute atomic E-state index is 0.815. The third kappa shape index (κ3) is 3.39. The number of hydrogen-bond donors (Lipinski definition) is 0. The van der Waals surface area contributed by atoms with Gasteiger partial charge < -0.3 is 0 Å². The highest BCUT2D eigenvalue weighted by atomic mass is 79.9. The van der Waals surface area contributed by atoms with Crippen LogP contribution < -0.4 is 0 Å². The van der Waals surface area contributed by atoms with Crippen LogP contribution in [0.15, 0.2) is 46.9 Å². The average molecular weight is 397 g/mol. The number of rotatable bonds is 3. The zero-order valence-electron chi connectivity index (χ0n) is 13.3. The van der Waals surface area contributed by atoms with Crippen molar-refractivity contribution in [3.05, 3.63) is 52.5 Å². The summed E-state index contributed by atoms with van der Waals surface area (Å²) in [4.78, 5) is 2.38. The molecule has 2 aromatic carbocycles. The van der Waals surface area contributed by atoms with Gasteiger partial charge in [-0.05, 0) is 41.7 Å². The molecule has 0 radical (unpaired) electrons. The first kappa shape index (κ1) is 15.8. The molecule has 120 valence electrons. The molecule has 24 heavy (non-hydrogen) atoms. The first-order valence-electron chi connectivity index (χ1n) is 8.12. The number of likely N-dealkylation sites (tertiary alicyclic amines) is 1. The van der Waals surface area contributed by atoms with E-state index in [1.807, 2.05) is 0 Å². The summed E-state index contributed by atoms with van der Waals surface area (Å²) in [6.07, 6.45) is 2.14. The van der Waals surface area contributed by atoms with E-state index in [1.54, 1.807) is 11.5 Å². The van der Waals surface area contributed by atoms with E-state index in [0.29, 0.717) is 0 Å². The SMILES string of the molecule is Brc1ccc(-c2nsc3cc(CC#CCN4CCC4)ccc23)cc1. The van der Waals surface area contributed by atoms with Crippen molar-refractivity contribution in [2.45, 2.75) is 12.8 Å². The average Bonchev–Trinajstić information content (AvgIpc) is 2.97. The number of hydrogen-bond acceptors (Lipinski definition) is 3. The van der Waals surface area contributed by atoms with Crippen LogP contribution in [0.5, 0.6) is 0 Å². The summed E-state index contributed by atoms with van der Waals surface area (Å²) in [5.41, 5.74) is 3.49. The van der Waals surface area contributed by atoms with Gasteiger partial charge in [0.2, 0.25) is 0 Å². The molecule has 1 saturated heterocycles. The fourth-order valence-corrected chi connectivity index (χ4v) is 3.90. The predicted octanol–water partition coefficient (Wildman–Crippen LogP) is 4.98. The zero-order chi connectivity index (χ0) is 16.4. The Hall–Kier alpha value is -1.67. The van der Waals surface area contributed by atoms with Gasteiger partial charge in [0, 0.05) is 34.9 Å². The van der Waals surface area contributed by atoms with Gasteiger partial charge in [0.15, 0.2) is 0 Å². The molecule has 0 spiro atoms. The topological polar surface area (TPSA) is 16.1 Å². The molecule has 4 rings (SSSR count). The molecule has 1 aliphatic heterocycles. The van der Waals surface area contributed by atoms with Gasteiger partial charge >= 0.3 is 0 Å². The van der Waals surface area contributed by atoms with Gasteiger partial charge in [0.05, 0.1) is 16.9 Å². The summed E-state index contributed by atoms with van der Waals surface area (Å²) < 4.78 is 6.98. The van der Waals surface area contributed by atoms with Crippen LogP contribution >= 0.6 is 27.5 Å². The van der Waals surface area contributed by atoms with E-state index >= 15 is 0 Å². The molecule has 3 aromatic rings. The van der Waals surface area contributed by atoms with Gasteiger partial charge in [-0.3, -0.25) is 4.90 Å². The molecular formula is C20H17BrN2S. The summed E-state index contributed by atoms with van der Waals surface area (Å²) >= 11 is 5.05. The highest BCUT2D eigenvalue weighted by molar-refractivity contribution is 9.10. The van der Waals surface area contributed by atoms with Crippen LogP contribution in [-0.2, 0) is 6.42 Å². The molecule has 0 N–H and O–H groups in total. The zero-order valence-corrected chi connectivity index (χ0v) is 15.7. The lowest BCUT2D eigenvalue weighted by Crippen LogP contribution is -2.37. The Balaban J connectivity index is 1.52. The number of fused-ring (bicyclic) bond motifs is 1. The lowest BCUT2D eigenvalue weighted by atomic mass is 10.1. The fourth-order valence-electron chi connectivity index (χ4n) is 2.78. The molecule has 1 fully saturated rings. The smallest absolute Gasteiger partial charge is 0.0919 e. The highest BCUT2D eigenvalue weighted by Crippen LogP contribution is 2.32. The molecule has 0 amide bonds. The van der Waals surface area contributed by atoms with Crippen molar-refractivity contribution in [3.8, 4) is 23.1 Å². The second-order valence-electron chi connectivity index (χ2n) is 6.03. The number of aromatic nitrogens is 1. The quantitative estimate of drug-likeness (QED) is 0.580. The van der Waals surface area contributed by atoms with E-state index in [2.05, 4.69) is 79.5 Å². The Kier molecular flexibility index (Phi) is 4.66. The maximum Gasteiger partial charge on any atom is 0.0919 e. The Bertz CT molecular complexity index is 914. The maximum absolute atomic E-state index is 4.66. The van der Waals surface area contributed by atoms with Crippen LogP contribution in [0.25, 0.3) is 21.3 Å². The minimum Gasteiger partial charge on any atom is -0.292 e. The second kappa shape index (κ2) is 7.06. The van der Waals surface area contributed by atoms with Crippen LogP contribution in [0.3, 0.4) is 0 Å². The van der Waals surface area contributed by atoms with Gasteiger partial charge in [0.1, 0.15) is 0 Å². The standard InChI is InChI=1S/C20H17BrN2S/c21-17-8-6-16(7-9-17)20-18-10-5-15(14-19(18)24-22-20)4-1-2-11-23-12-3-13-23/h5-10,14H,3-4,11-13H2. The van der Waals surface area contributed by atoms with E-state index < -0.39 is 0 Å². The minimum atomic E-state index is 0.815. The second-order valence-corrected chi connectivity index (χ2v) is 7.75. The first-order chi connectivity index (χ1) is 11.8. The van der Waals surface area contributed by atoms with Crippen LogP contribution in [0.2, 0.25) is 0 Å². The normalized spacial score (nSPS) is 14.2. The van der Waals surface area contributed by atoms with Crippen molar-refractivity contribution in [2.24, 2.45) is 0 Å². The Labute approximate surface area is 154 Å². The Morgan fingerprint density at radius 1 is 1.08 bits per heavy atom. The third-order valence-electron chi connectivity index (χ3n) is 4.32. The van der Waals surface area contributed by atoms with E-state index in [-0.39, 0.29) is 0 Å². The summed E-state index contributed by atoms with van der Waals surface area (Å²) in [5, 5.41) is 1.22. The van der Waals surface area contributed by atoms with Crippen molar-refractivity contribution in [3.63, 3.8) is 0 Å². The molecule has 0 unspecified atom stereocenters. The lowest BCUT2D eigenvalue weighted by Gasteiger charge is -2.28. The molecule has 1 aliphatic rings. The molecule has 1 aromatic heterocycles. The summed E-state index contributed by atoms with van der Waals surface area (Å²) in [5.74, 6) is 6.58. The van der Waals surface area contributed by atoms with Crippen molar-refractivity contribution < 1.29 is 0 Å². The van der Waals surface area contributed by atoms with E-state index in [1.165, 1.54) is 35.2 Å². The maximum atomic E-state index is 4.66. The summed E-state index contributed by atoms with van der Waals surface area (Å²) in [7, 11) is 0. The van der Waals surface area contributed by atoms with Crippen molar-refractivity contribution >= 4 is 37.5 Å². The van der Waals surface area contributed by atoms with Gasteiger partial charge in [-0.25, -0.2) is 0 Å². The lowest BCUT2D eigenvalue weighted by molar-refractivity contribution is 0.207. The molecule has 2 heterocycles. The van der Waals surface area contributed by atoms with Crippen LogP contribution in [0, 0.1) is 11.8 Å². The summed E-state index contributed by atoms with van der Waals surface area (Å²) in [6.45, 7) is 3.33. The molecule has 0 saturated carbocycles. The van der Waals surface area contributed by atoms with Gasteiger partial charge in [0.25, 0.3) is 0 Å². The van der Waals surface area contributed by atoms with Gasteiger partial charge in [-0.2, -0.15) is 4.37 Å². The fraction of sp³-hybridized carbons (Fsp3) is 0.250. The van der Waals surface area contributed by atoms with E-state index in [4.69, 9.17) is 0 Å². The van der Waals surface area contributed by atoms with Crippen LogP contribution in [-0.4, -0.2) is 28.9 Å². The van der Waals surface area contributed by atoms with Crippen LogP contribution in [0.1, 0.15) is 12.0 Å². The molecular weight excluding hydrogens is 380 g/mol. The van der Waals surface area contributed by atoms with Crippen molar-refractivity contribution in [2.75, 3.05) is 19.6 Å². The summed E-state index contributed by atoms with van der Waals surface area (Å²) in [6, 6.07) is 14.9. The van der Waals surface area contributed by atoms with Crippen molar-refractivity contribution in [1.29, 1.82) is 0 Å². The highest BCUT2D eigenvalue weighted by Gasteiger charge is 2.11. The van der Waals surface area contributed by atoms with Crippen molar-refractivity contribution in [1.82, 2.24) is 9.27 Å². The number of benzene rings is 2. The Morgan fingerprint density at radius 2 is 1.92 bits per heavy atom. The van der Waals surface area contributed by atoms with E-state index in [0.717, 1.165) is 28.7 Å². The number of nitrogens with zero attached hydrogens (tertiary/aromatic N) is 2. The monoisotopic (exact) mass is 396 g/mol. The number of halogens is 1. The molecule has 0 aliphatic carbocycles. The van der Waals surface area contributed by atoms with Gasteiger partial charge in [-0.15, -0.1) is 0 Å². The largest absolute Gasteiger partial charge is 0.292 e. The van der Waals surface area contributed by atoms with Gasteiger partial charge in [-0.1, -0.05) is 52.0 Å². The van der Waals surface area contributed by atoms with E-state index in [9.17, 15) is 0 Å². The molecule has 2 nitrogen and oxygen atoms in total. The third-order valence-corrected chi connectivity index (χ3v) is 5.66. The Morgan fingerprint density at radius 3 is 2.67 bits per heavy atom. The molecule has 0 atom stereocenters. The first-order valence-corrected chi connectivity index (χ1v) is 9.68.